The number of likely N-dealkylation sites (N-methyl/N-ethyl adjacent to an activating group) is 1. The number of hydrogen-bond acceptors (Lipinski definition) is 4. The first-order chi connectivity index (χ1) is 19.7. The molecule has 0 saturated carbocycles. The van der Waals surface area contributed by atoms with Crippen molar-refractivity contribution in [1.82, 2.24) is 4.90 Å². The van der Waals surface area contributed by atoms with Gasteiger partial charge in [-0.25, -0.2) is 9.18 Å². The van der Waals surface area contributed by atoms with Crippen molar-refractivity contribution in [1.29, 1.82) is 10.5 Å². The van der Waals surface area contributed by atoms with Crippen LogP contribution in [0.1, 0.15) is 84.8 Å². The highest BCUT2D eigenvalue weighted by Crippen LogP contribution is 2.29. The Balaban J connectivity index is 0.000000231. The van der Waals surface area contributed by atoms with E-state index >= 15 is 0 Å². The van der Waals surface area contributed by atoms with Gasteiger partial charge in [-0.2, -0.15) is 10.5 Å². The lowest BCUT2D eigenvalue weighted by atomic mass is 9.94. The molecule has 0 saturated heterocycles. The number of carboxylic acid groups (broad SMARTS) is 1. The van der Waals surface area contributed by atoms with E-state index in [2.05, 4.69) is 12.6 Å². The molecule has 0 spiro atoms. The molecule has 0 aromatic heterocycles. The molecule has 0 fully saturated rings. The third-order valence-corrected chi connectivity index (χ3v) is 7.78. The van der Waals surface area contributed by atoms with E-state index in [1.165, 1.54) is 18.2 Å². The molecule has 6 nitrogen and oxygen atoms in total. The van der Waals surface area contributed by atoms with Crippen LogP contribution in [0.15, 0.2) is 61.2 Å². The SMILES string of the molecule is C=CC[C@H](CN(C)C(=O)c1cc(C#N)cc2c1CCC2)c1ccc(F)cc1.N#Cc1cc2c(c(C(=O)O)c1)CCC2. The second-order valence-electron chi connectivity index (χ2n) is 10.5. The zero-order valence-corrected chi connectivity index (χ0v) is 23.1. The second kappa shape index (κ2) is 13.1. The van der Waals surface area contributed by atoms with Gasteiger partial charge >= 0.3 is 5.97 Å². The Bertz CT molecular complexity index is 1560. The minimum atomic E-state index is -0.930. The molecule has 0 unspecified atom stereocenters. The van der Waals surface area contributed by atoms with Crippen LogP contribution < -0.4 is 0 Å². The van der Waals surface area contributed by atoms with Crippen molar-refractivity contribution in [2.45, 2.75) is 50.9 Å². The molecule has 0 bridgehead atoms. The smallest absolute Gasteiger partial charge is 0.336 e. The van der Waals surface area contributed by atoms with Crippen molar-refractivity contribution in [3.05, 3.63) is 117 Å². The summed E-state index contributed by atoms with van der Waals surface area (Å²) < 4.78 is 13.2. The van der Waals surface area contributed by atoms with Crippen molar-refractivity contribution in [3.8, 4) is 12.1 Å². The van der Waals surface area contributed by atoms with Gasteiger partial charge in [-0.05, 0) is 109 Å². The Hall–Kier alpha value is -4.75. The number of aromatic carboxylic acids is 1. The van der Waals surface area contributed by atoms with E-state index in [1.54, 1.807) is 36.2 Å². The van der Waals surface area contributed by atoms with Crippen LogP contribution in [0.3, 0.4) is 0 Å². The van der Waals surface area contributed by atoms with Crippen molar-refractivity contribution >= 4 is 11.9 Å². The number of nitrogens with zero attached hydrogens (tertiary/aromatic N) is 3. The molecular weight excluding hydrogens is 517 g/mol. The normalized spacial score (nSPS) is 13.5. The number of carbonyl (C=O) groups excluding carboxylic acids is 1. The number of halogens is 1. The molecule has 41 heavy (non-hydrogen) atoms. The molecule has 0 radical (unpaired) electrons. The third kappa shape index (κ3) is 6.70. The van der Waals surface area contributed by atoms with Crippen LogP contribution in [0, 0.1) is 28.5 Å². The Labute approximate surface area is 240 Å². The van der Waals surface area contributed by atoms with Crippen LogP contribution in [-0.2, 0) is 25.7 Å². The molecule has 208 valence electrons. The molecule has 5 rings (SSSR count). The summed E-state index contributed by atoms with van der Waals surface area (Å²) in [5.74, 6) is -1.23. The number of hydrogen-bond donors (Lipinski definition) is 1. The highest BCUT2D eigenvalue weighted by molar-refractivity contribution is 5.96. The number of benzene rings is 3. The number of carboxylic acids is 1. The average molecular weight is 550 g/mol. The number of rotatable bonds is 7. The van der Waals surface area contributed by atoms with Gasteiger partial charge in [0.1, 0.15) is 5.82 Å². The topological polar surface area (TPSA) is 105 Å². The van der Waals surface area contributed by atoms with Crippen LogP contribution in [-0.4, -0.2) is 35.5 Å². The summed E-state index contributed by atoms with van der Waals surface area (Å²) in [6.45, 7) is 4.31. The lowest BCUT2D eigenvalue weighted by molar-refractivity contribution is 0.0695. The maximum absolute atomic E-state index is 13.2. The first-order valence-corrected chi connectivity index (χ1v) is 13.7. The summed E-state index contributed by atoms with van der Waals surface area (Å²) >= 11 is 0. The van der Waals surface area contributed by atoms with Gasteiger partial charge in [-0.3, -0.25) is 4.79 Å². The Morgan fingerprint density at radius 3 is 2.00 bits per heavy atom. The van der Waals surface area contributed by atoms with E-state index < -0.39 is 5.97 Å². The largest absolute Gasteiger partial charge is 0.478 e. The maximum Gasteiger partial charge on any atom is 0.336 e. The molecule has 0 heterocycles. The van der Waals surface area contributed by atoms with Crippen LogP contribution in [0.25, 0.3) is 0 Å². The van der Waals surface area contributed by atoms with E-state index in [1.807, 2.05) is 18.2 Å². The quantitative estimate of drug-likeness (QED) is 0.345. The molecule has 3 aromatic carbocycles. The number of allylic oxidation sites excluding steroid dienone is 1. The molecule has 2 aliphatic carbocycles. The summed E-state index contributed by atoms with van der Waals surface area (Å²) in [6.07, 6.45) is 8.04. The number of amides is 1. The Morgan fingerprint density at radius 2 is 1.49 bits per heavy atom. The Kier molecular flexibility index (Phi) is 9.32. The van der Waals surface area contributed by atoms with Crippen molar-refractivity contribution < 1.29 is 19.1 Å². The van der Waals surface area contributed by atoms with Gasteiger partial charge in [0.15, 0.2) is 0 Å². The molecule has 1 atom stereocenters. The first-order valence-electron chi connectivity index (χ1n) is 13.7. The zero-order chi connectivity index (χ0) is 29.5. The fraction of sp³-hybridized carbons (Fsp3) is 0.294. The number of aryl methyl sites for hydroxylation is 2. The van der Waals surface area contributed by atoms with Gasteiger partial charge in [0.25, 0.3) is 5.91 Å². The van der Waals surface area contributed by atoms with Crippen LogP contribution in [0.5, 0.6) is 0 Å². The molecule has 1 N–H and O–H groups in total. The minimum Gasteiger partial charge on any atom is -0.478 e. The lowest BCUT2D eigenvalue weighted by Crippen LogP contribution is -2.32. The Morgan fingerprint density at radius 1 is 0.951 bits per heavy atom. The zero-order valence-electron chi connectivity index (χ0n) is 23.1. The lowest BCUT2D eigenvalue weighted by Gasteiger charge is -2.25. The first kappa shape index (κ1) is 29.2. The van der Waals surface area contributed by atoms with Crippen LogP contribution in [0.4, 0.5) is 4.39 Å². The highest BCUT2D eigenvalue weighted by atomic mass is 19.1. The third-order valence-electron chi connectivity index (χ3n) is 7.78. The number of fused-ring (bicyclic) bond motifs is 2. The molecule has 0 aliphatic heterocycles. The van der Waals surface area contributed by atoms with Crippen molar-refractivity contribution in [3.63, 3.8) is 0 Å². The van der Waals surface area contributed by atoms with Crippen LogP contribution in [0.2, 0.25) is 0 Å². The summed E-state index contributed by atoms with van der Waals surface area (Å²) in [4.78, 5) is 25.7. The highest BCUT2D eigenvalue weighted by Gasteiger charge is 2.24. The van der Waals surface area contributed by atoms with Crippen molar-refractivity contribution in [2.24, 2.45) is 0 Å². The van der Waals surface area contributed by atoms with Gasteiger partial charge in [-0.1, -0.05) is 18.2 Å². The molecule has 1 amide bonds. The number of carbonyl (C=O) groups is 2. The van der Waals surface area contributed by atoms with Gasteiger partial charge in [0, 0.05) is 25.1 Å². The molecule has 2 aliphatic rings. The van der Waals surface area contributed by atoms with Gasteiger partial charge in [0.05, 0.1) is 28.8 Å². The molecular formula is C34H32FN3O3. The van der Waals surface area contributed by atoms with E-state index in [0.717, 1.165) is 66.3 Å². The predicted octanol–water partition coefficient (Wildman–Crippen LogP) is 6.36. The predicted molar refractivity (Wildman–Crippen MR) is 154 cm³/mol. The molecule has 3 aromatic rings. The van der Waals surface area contributed by atoms with E-state index in [9.17, 15) is 19.2 Å². The van der Waals surface area contributed by atoms with Crippen LogP contribution >= 0.6 is 0 Å². The van der Waals surface area contributed by atoms with E-state index in [-0.39, 0.29) is 17.6 Å². The summed E-state index contributed by atoms with van der Waals surface area (Å²) in [7, 11) is 1.78. The van der Waals surface area contributed by atoms with E-state index in [4.69, 9.17) is 10.4 Å². The summed E-state index contributed by atoms with van der Waals surface area (Å²) in [5, 5.41) is 27.0. The van der Waals surface area contributed by atoms with Gasteiger partial charge in [0.2, 0.25) is 0 Å². The summed E-state index contributed by atoms with van der Waals surface area (Å²) in [5.41, 5.74) is 7.04. The van der Waals surface area contributed by atoms with Crippen molar-refractivity contribution in [2.75, 3.05) is 13.6 Å². The van der Waals surface area contributed by atoms with Gasteiger partial charge < -0.3 is 10.0 Å². The maximum atomic E-state index is 13.2. The van der Waals surface area contributed by atoms with Gasteiger partial charge in [-0.15, -0.1) is 6.58 Å². The monoisotopic (exact) mass is 549 g/mol. The molecule has 7 heteroatoms. The minimum absolute atomic E-state index is 0.0456. The fourth-order valence-corrected chi connectivity index (χ4v) is 5.79. The number of nitriles is 2. The van der Waals surface area contributed by atoms with E-state index in [0.29, 0.717) is 35.2 Å². The standard InChI is InChI=1S/C23H23FN2O.C11H9NO2/c1-3-5-19(17-8-10-20(24)11-9-17)15-26(2)23(27)22-13-16(14-25)12-18-6-4-7-21(18)22;12-6-7-4-8-2-1-3-9(8)10(5-7)11(13)14/h3,8-13,19H,1,4-7,15H2,2H3;4-5H,1-3H2,(H,13,14)/t19-;/m1./s1. The average Bonchev–Trinajstić information content (AvgIpc) is 3.65. The second-order valence-corrected chi connectivity index (χ2v) is 10.5. The fourth-order valence-electron chi connectivity index (χ4n) is 5.79. The summed E-state index contributed by atoms with van der Waals surface area (Å²) in [6, 6.07) is 17.4.